The quantitative estimate of drug-likeness (QED) is 0.262. The second-order valence-corrected chi connectivity index (χ2v) is 10.4. The molecule has 4 rings (SSSR count). The summed E-state index contributed by atoms with van der Waals surface area (Å²) in [5, 5.41) is 16.1. The van der Waals surface area contributed by atoms with Crippen molar-refractivity contribution in [3.63, 3.8) is 0 Å². The maximum atomic E-state index is 13.4. The third kappa shape index (κ3) is 5.14. The maximum absolute atomic E-state index is 13.4. The van der Waals surface area contributed by atoms with E-state index < -0.39 is 22.9 Å². The van der Waals surface area contributed by atoms with E-state index in [0.717, 1.165) is 6.07 Å². The predicted octanol–water partition coefficient (Wildman–Crippen LogP) is 3.98. The Kier molecular flexibility index (Phi) is 7.06. The van der Waals surface area contributed by atoms with Crippen LogP contribution in [0.5, 0.6) is 0 Å². The molecule has 0 radical (unpaired) electrons. The highest BCUT2D eigenvalue weighted by atomic mass is 79.9. The van der Waals surface area contributed by atoms with Crippen LogP contribution in [0.2, 0.25) is 5.02 Å². The third-order valence-corrected chi connectivity index (χ3v) is 6.96. The van der Waals surface area contributed by atoms with Gasteiger partial charge in [0.2, 0.25) is 0 Å². The average Bonchev–Trinajstić information content (AvgIpc) is 3.40. The van der Waals surface area contributed by atoms with Crippen molar-refractivity contribution in [1.82, 2.24) is 30.3 Å². The molecular weight excluding hydrogens is 558 g/mol. The van der Waals surface area contributed by atoms with Gasteiger partial charge in [-0.1, -0.05) is 11.6 Å². The van der Waals surface area contributed by atoms with Crippen LogP contribution in [-0.2, 0) is 0 Å². The fraction of sp³-hybridized carbons (Fsp3) is 0.227. The van der Waals surface area contributed by atoms with Gasteiger partial charge >= 0.3 is 0 Å². The second-order valence-electron chi connectivity index (χ2n) is 8.32. The molecule has 0 fully saturated rings. The molecule has 3 heterocycles. The SMILES string of the molecule is CSCC(C)(C)NC(=O)c1c(NC(=O)c2cc(=O)[nH]n2-c2ncccc2Cl)c(Br)cc2cn[nH]c12. The van der Waals surface area contributed by atoms with Crippen molar-refractivity contribution >= 4 is 67.7 Å². The van der Waals surface area contributed by atoms with Crippen molar-refractivity contribution in [1.29, 1.82) is 0 Å². The van der Waals surface area contributed by atoms with Gasteiger partial charge in [0.1, 0.15) is 5.69 Å². The lowest BCUT2D eigenvalue weighted by Crippen LogP contribution is -2.45. The number of nitrogens with one attached hydrogen (secondary N) is 4. The van der Waals surface area contributed by atoms with E-state index in [1.54, 1.807) is 36.2 Å². The van der Waals surface area contributed by atoms with Gasteiger partial charge in [-0.3, -0.25) is 24.6 Å². The van der Waals surface area contributed by atoms with Gasteiger partial charge in [-0.2, -0.15) is 16.9 Å². The highest BCUT2D eigenvalue weighted by Crippen LogP contribution is 2.34. The zero-order valence-corrected chi connectivity index (χ0v) is 22.1. The van der Waals surface area contributed by atoms with Crippen LogP contribution in [0.25, 0.3) is 16.7 Å². The summed E-state index contributed by atoms with van der Waals surface area (Å²) in [6.45, 7) is 3.83. The number of anilines is 1. The number of carbonyl (C=O) groups is 2. The summed E-state index contributed by atoms with van der Waals surface area (Å²) in [6, 6.07) is 6.08. The highest BCUT2D eigenvalue weighted by Gasteiger charge is 2.28. The van der Waals surface area contributed by atoms with E-state index in [0.29, 0.717) is 21.1 Å². The van der Waals surface area contributed by atoms with E-state index >= 15 is 0 Å². The Morgan fingerprint density at radius 2 is 2.06 bits per heavy atom. The number of pyridine rings is 1. The number of aromatic amines is 2. The first kappa shape index (κ1) is 25.0. The van der Waals surface area contributed by atoms with Crippen LogP contribution in [0.3, 0.4) is 0 Å². The van der Waals surface area contributed by atoms with Gasteiger partial charge in [-0.25, -0.2) is 9.67 Å². The number of benzene rings is 1. The molecule has 0 aliphatic carbocycles. The number of hydrogen-bond acceptors (Lipinski definition) is 6. The largest absolute Gasteiger partial charge is 0.346 e. The van der Waals surface area contributed by atoms with Crippen LogP contribution >= 0.6 is 39.3 Å². The molecule has 0 aliphatic heterocycles. The molecule has 0 aliphatic rings. The van der Waals surface area contributed by atoms with Crippen molar-refractivity contribution in [2.75, 3.05) is 17.3 Å². The van der Waals surface area contributed by atoms with Crippen molar-refractivity contribution < 1.29 is 9.59 Å². The minimum absolute atomic E-state index is 0.0405. The van der Waals surface area contributed by atoms with Crippen molar-refractivity contribution in [2.24, 2.45) is 0 Å². The zero-order chi connectivity index (χ0) is 25.3. The molecule has 0 unspecified atom stereocenters. The minimum atomic E-state index is -0.651. The normalized spacial score (nSPS) is 11.6. The Morgan fingerprint density at radius 1 is 1.29 bits per heavy atom. The van der Waals surface area contributed by atoms with Gasteiger partial charge < -0.3 is 10.6 Å². The number of aromatic nitrogens is 5. The van der Waals surface area contributed by atoms with E-state index in [-0.39, 0.29) is 27.8 Å². The number of fused-ring (bicyclic) bond motifs is 1. The molecule has 0 atom stereocenters. The number of thioether (sulfide) groups is 1. The molecule has 35 heavy (non-hydrogen) atoms. The molecule has 13 heteroatoms. The van der Waals surface area contributed by atoms with Gasteiger partial charge in [0.05, 0.1) is 28.0 Å². The minimum Gasteiger partial charge on any atom is -0.346 e. The van der Waals surface area contributed by atoms with Crippen molar-refractivity contribution in [2.45, 2.75) is 19.4 Å². The van der Waals surface area contributed by atoms with E-state index in [9.17, 15) is 14.4 Å². The Balaban J connectivity index is 1.78. The molecule has 4 aromatic rings. The smallest absolute Gasteiger partial charge is 0.274 e. The molecule has 182 valence electrons. The molecule has 0 spiro atoms. The molecule has 3 aromatic heterocycles. The summed E-state index contributed by atoms with van der Waals surface area (Å²) >= 11 is 11.3. The van der Waals surface area contributed by atoms with Crippen LogP contribution in [-0.4, -0.2) is 54.3 Å². The Morgan fingerprint density at radius 3 is 2.77 bits per heavy atom. The van der Waals surface area contributed by atoms with E-state index in [1.807, 2.05) is 20.1 Å². The average molecular weight is 579 g/mol. The van der Waals surface area contributed by atoms with Crippen LogP contribution in [0.15, 0.2) is 45.9 Å². The molecule has 2 amide bonds. The Labute approximate surface area is 217 Å². The van der Waals surface area contributed by atoms with Crippen LogP contribution in [0.1, 0.15) is 34.7 Å². The summed E-state index contributed by atoms with van der Waals surface area (Å²) in [4.78, 5) is 43.1. The van der Waals surface area contributed by atoms with E-state index in [2.05, 4.69) is 46.8 Å². The van der Waals surface area contributed by atoms with Crippen LogP contribution in [0, 0.1) is 0 Å². The second kappa shape index (κ2) is 9.88. The van der Waals surface area contributed by atoms with Crippen molar-refractivity contribution in [3.05, 3.63) is 67.8 Å². The fourth-order valence-electron chi connectivity index (χ4n) is 3.62. The Hall–Kier alpha value is -3.09. The summed E-state index contributed by atoms with van der Waals surface area (Å²) in [5.74, 6) is -0.182. The Bertz CT molecular complexity index is 1490. The highest BCUT2D eigenvalue weighted by molar-refractivity contribution is 9.10. The fourth-order valence-corrected chi connectivity index (χ4v) is 5.16. The molecule has 0 saturated heterocycles. The molecule has 1 aromatic carbocycles. The van der Waals surface area contributed by atoms with Gasteiger partial charge in [0.25, 0.3) is 17.4 Å². The summed E-state index contributed by atoms with van der Waals surface area (Å²) in [6.07, 6.45) is 5.03. The molecule has 4 N–H and O–H groups in total. The summed E-state index contributed by atoms with van der Waals surface area (Å²) in [7, 11) is 0. The topological polar surface area (TPSA) is 138 Å². The lowest BCUT2D eigenvalue weighted by molar-refractivity contribution is 0.0923. The number of carbonyl (C=O) groups excluding carboxylic acids is 2. The van der Waals surface area contributed by atoms with Crippen LogP contribution in [0.4, 0.5) is 5.69 Å². The third-order valence-electron chi connectivity index (χ3n) is 5.03. The van der Waals surface area contributed by atoms with Gasteiger partial charge in [-0.15, -0.1) is 0 Å². The number of hydrogen-bond donors (Lipinski definition) is 4. The number of rotatable bonds is 7. The first-order valence-electron chi connectivity index (χ1n) is 10.3. The van der Waals surface area contributed by atoms with Gasteiger partial charge in [-0.05, 0) is 54.2 Å². The number of amides is 2. The molecule has 0 saturated carbocycles. The predicted molar refractivity (Wildman–Crippen MR) is 141 cm³/mol. The van der Waals surface area contributed by atoms with E-state index in [1.165, 1.54) is 10.9 Å². The molecule has 0 bridgehead atoms. The maximum Gasteiger partial charge on any atom is 0.274 e. The molecule has 10 nitrogen and oxygen atoms in total. The first-order chi connectivity index (χ1) is 16.6. The summed E-state index contributed by atoms with van der Waals surface area (Å²) in [5.41, 5.74) is -0.187. The number of halogens is 2. The summed E-state index contributed by atoms with van der Waals surface area (Å²) < 4.78 is 1.66. The number of H-pyrrole nitrogens is 2. The lowest BCUT2D eigenvalue weighted by Gasteiger charge is -2.26. The van der Waals surface area contributed by atoms with Crippen molar-refractivity contribution in [3.8, 4) is 5.82 Å². The lowest BCUT2D eigenvalue weighted by atomic mass is 10.0. The van der Waals surface area contributed by atoms with Gasteiger partial charge in [0, 0.05) is 33.4 Å². The van der Waals surface area contributed by atoms with Crippen LogP contribution < -0.4 is 16.2 Å². The monoisotopic (exact) mass is 577 g/mol. The van der Waals surface area contributed by atoms with E-state index in [4.69, 9.17) is 11.6 Å². The standard InChI is InChI=1S/C22H21BrClN7O3S/c1-22(2,10-35-3)28-21(34)16-17-11(9-26-29-17)7-12(23)18(16)27-20(33)14-8-15(32)30-31(14)19-13(24)5-4-6-25-19/h4-9H,10H2,1-3H3,(H,26,29)(H,27,33)(H,28,34)(H,30,32). The first-order valence-corrected chi connectivity index (χ1v) is 12.9. The molecular formula is C22H21BrClN7O3S. The zero-order valence-electron chi connectivity index (χ0n) is 18.9. The van der Waals surface area contributed by atoms with Gasteiger partial charge in [0.15, 0.2) is 5.82 Å². The number of nitrogens with zero attached hydrogens (tertiary/aromatic N) is 3.